The fraction of sp³-hybridized carbons (Fsp3) is 0.500. The number of nitrogens with zero attached hydrogens (tertiary/aromatic N) is 1. The van der Waals surface area contributed by atoms with Gasteiger partial charge in [0.1, 0.15) is 5.75 Å². The SMILES string of the molecule is C[C@@H](N)CN1CCCOc2ccccc21. The molecule has 0 radical (unpaired) electrons. The zero-order valence-corrected chi connectivity index (χ0v) is 9.15. The van der Waals surface area contributed by atoms with Crippen molar-refractivity contribution in [3.8, 4) is 5.75 Å². The van der Waals surface area contributed by atoms with Gasteiger partial charge in [-0.25, -0.2) is 0 Å². The van der Waals surface area contributed by atoms with Gasteiger partial charge in [-0.3, -0.25) is 0 Å². The lowest BCUT2D eigenvalue weighted by atomic mass is 10.2. The van der Waals surface area contributed by atoms with Crippen molar-refractivity contribution in [2.75, 3.05) is 24.6 Å². The molecular weight excluding hydrogens is 188 g/mol. The molecule has 0 amide bonds. The number of fused-ring (bicyclic) bond motifs is 1. The van der Waals surface area contributed by atoms with Crippen LogP contribution >= 0.6 is 0 Å². The van der Waals surface area contributed by atoms with E-state index in [2.05, 4.69) is 11.0 Å². The smallest absolute Gasteiger partial charge is 0.142 e. The second kappa shape index (κ2) is 4.53. The number of nitrogens with two attached hydrogens (primary N) is 1. The maximum atomic E-state index is 5.85. The molecule has 0 saturated carbocycles. The third-order valence-corrected chi connectivity index (χ3v) is 2.54. The van der Waals surface area contributed by atoms with Crippen LogP contribution in [0.1, 0.15) is 13.3 Å². The summed E-state index contributed by atoms with van der Waals surface area (Å²) in [5, 5.41) is 0. The minimum Gasteiger partial charge on any atom is -0.491 e. The van der Waals surface area contributed by atoms with Crippen LogP contribution in [0.15, 0.2) is 24.3 Å². The van der Waals surface area contributed by atoms with Crippen LogP contribution in [0.25, 0.3) is 0 Å². The highest BCUT2D eigenvalue weighted by atomic mass is 16.5. The molecule has 1 aliphatic rings. The first-order valence-electron chi connectivity index (χ1n) is 5.50. The predicted molar refractivity (Wildman–Crippen MR) is 62.4 cm³/mol. The van der Waals surface area contributed by atoms with E-state index in [4.69, 9.17) is 10.5 Å². The Bertz CT molecular complexity index is 325. The molecule has 1 atom stereocenters. The third kappa shape index (κ3) is 2.42. The molecule has 0 saturated heterocycles. The van der Waals surface area contributed by atoms with Crippen molar-refractivity contribution in [3.05, 3.63) is 24.3 Å². The van der Waals surface area contributed by atoms with Crippen LogP contribution in [0.5, 0.6) is 5.75 Å². The van der Waals surface area contributed by atoms with Crippen molar-refractivity contribution in [2.24, 2.45) is 5.73 Å². The number of hydrogen-bond acceptors (Lipinski definition) is 3. The van der Waals surface area contributed by atoms with E-state index >= 15 is 0 Å². The molecule has 2 N–H and O–H groups in total. The van der Waals surface area contributed by atoms with Crippen molar-refractivity contribution in [1.82, 2.24) is 0 Å². The fourth-order valence-corrected chi connectivity index (χ4v) is 1.94. The summed E-state index contributed by atoms with van der Waals surface area (Å²) in [4.78, 5) is 2.31. The highest BCUT2D eigenvalue weighted by molar-refractivity contribution is 5.59. The molecule has 82 valence electrons. The second-order valence-electron chi connectivity index (χ2n) is 4.09. The van der Waals surface area contributed by atoms with Gasteiger partial charge in [0, 0.05) is 19.1 Å². The topological polar surface area (TPSA) is 38.5 Å². The molecule has 3 nitrogen and oxygen atoms in total. The van der Waals surface area contributed by atoms with Gasteiger partial charge in [0.05, 0.1) is 12.3 Å². The van der Waals surface area contributed by atoms with E-state index in [-0.39, 0.29) is 6.04 Å². The average Bonchev–Trinajstić information content (AvgIpc) is 2.41. The summed E-state index contributed by atoms with van der Waals surface area (Å²) >= 11 is 0. The summed E-state index contributed by atoms with van der Waals surface area (Å²) in [6, 6.07) is 8.37. The Labute approximate surface area is 90.8 Å². The van der Waals surface area contributed by atoms with Crippen molar-refractivity contribution < 1.29 is 4.74 Å². The van der Waals surface area contributed by atoms with Gasteiger partial charge < -0.3 is 15.4 Å². The van der Waals surface area contributed by atoms with Crippen LogP contribution in [-0.4, -0.2) is 25.7 Å². The Kier molecular flexibility index (Phi) is 3.11. The molecule has 0 unspecified atom stereocenters. The number of para-hydroxylation sites is 2. The molecule has 3 heteroatoms. The van der Waals surface area contributed by atoms with Gasteiger partial charge in [-0.2, -0.15) is 0 Å². The molecule has 2 rings (SSSR count). The third-order valence-electron chi connectivity index (χ3n) is 2.54. The van der Waals surface area contributed by atoms with E-state index in [1.54, 1.807) is 0 Å². The number of benzene rings is 1. The van der Waals surface area contributed by atoms with Crippen molar-refractivity contribution >= 4 is 5.69 Å². The van der Waals surface area contributed by atoms with Crippen LogP contribution in [0.3, 0.4) is 0 Å². The molecule has 0 spiro atoms. The van der Waals surface area contributed by atoms with Gasteiger partial charge in [-0.1, -0.05) is 12.1 Å². The first kappa shape index (κ1) is 10.3. The Morgan fingerprint density at radius 3 is 3.07 bits per heavy atom. The fourth-order valence-electron chi connectivity index (χ4n) is 1.94. The van der Waals surface area contributed by atoms with E-state index in [1.165, 1.54) is 5.69 Å². The molecule has 1 aromatic rings. The summed E-state index contributed by atoms with van der Waals surface area (Å²) in [5.74, 6) is 0.982. The van der Waals surface area contributed by atoms with E-state index in [1.807, 2.05) is 25.1 Å². The number of hydrogen-bond donors (Lipinski definition) is 1. The van der Waals surface area contributed by atoms with E-state index in [0.717, 1.165) is 31.9 Å². The quantitative estimate of drug-likeness (QED) is 0.799. The minimum absolute atomic E-state index is 0.191. The highest BCUT2D eigenvalue weighted by Crippen LogP contribution is 2.30. The van der Waals surface area contributed by atoms with Gasteiger partial charge in [0.2, 0.25) is 0 Å². The van der Waals surface area contributed by atoms with Crippen LogP contribution in [0, 0.1) is 0 Å². The number of anilines is 1. The zero-order chi connectivity index (χ0) is 10.7. The molecule has 1 aromatic carbocycles. The van der Waals surface area contributed by atoms with E-state index < -0.39 is 0 Å². The molecular formula is C12H18N2O. The lowest BCUT2D eigenvalue weighted by Crippen LogP contribution is -2.36. The van der Waals surface area contributed by atoms with Crippen molar-refractivity contribution in [1.29, 1.82) is 0 Å². The van der Waals surface area contributed by atoms with Gasteiger partial charge >= 0.3 is 0 Å². The largest absolute Gasteiger partial charge is 0.491 e. The molecule has 1 aliphatic heterocycles. The minimum atomic E-state index is 0.191. The lowest BCUT2D eigenvalue weighted by Gasteiger charge is -2.25. The summed E-state index contributed by atoms with van der Waals surface area (Å²) in [6.45, 7) is 4.75. The Morgan fingerprint density at radius 2 is 2.27 bits per heavy atom. The Hall–Kier alpha value is -1.22. The zero-order valence-electron chi connectivity index (χ0n) is 9.15. The van der Waals surface area contributed by atoms with Crippen LogP contribution in [0.2, 0.25) is 0 Å². The van der Waals surface area contributed by atoms with Gasteiger partial charge in [0.15, 0.2) is 0 Å². The Balaban J connectivity index is 2.24. The first-order chi connectivity index (χ1) is 7.27. The van der Waals surface area contributed by atoms with E-state index in [9.17, 15) is 0 Å². The van der Waals surface area contributed by atoms with E-state index in [0.29, 0.717) is 0 Å². The molecule has 0 fully saturated rings. The molecule has 0 aromatic heterocycles. The summed E-state index contributed by atoms with van der Waals surface area (Å²) in [5.41, 5.74) is 7.02. The monoisotopic (exact) mass is 206 g/mol. The van der Waals surface area contributed by atoms with Crippen LogP contribution < -0.4 is 15.4 Å². The average molecular weight is 206 g/mol. The molecule has 15 heavy (non-hydrogen) atoms. The van der Waals surface area contributed by atoms with Gasteiger partial charge in [-0.05, 0) is 25.5 Å². The van der Waals surface area contributed by atoms with Crippen LogP contribution in [-0.2, 0) is 0 Å². The number of rotatable bonds is 2. The normalized spacial score (nSPS) is 17.6. The summed E-state index contributed by atoms with van der Waals surface area (Å²) < 4.78 is 5.68. The second-order valence-corrected chi connectivity index (χ2v) is 4.09. The Morgan fingerprint density at radius 1 is 1.47 bits per heavy atom. The van der Waals surface area contributed by atoms with Crippen molar-refractivity contribution in [2.45, 2.75) is 19.4 Å². The van der Waals surface area contributed by atoms with Gasteiger partial charge in [-0.15, -0.1) is 0 Å². The maximum Gasteiger partial charge on any atom is 0.142 e. The lowest BCUT2D eigenvalue weighted by molar-refractivity contribution is 0.322. The molecule has 1 heterocycles. The van der Waals surface area contributed by atoms with Crippen molar-refractivity contribution in [3.63, 3.8) is 0 Å². The molecule has 0 aliphatic carbocycles. The first-order valence-corrected chi connectivity index (χ1v) is 5.50. The number of ether oxygens (including phenoxy) is 1. The standard InChI is InChI=1S/C12H18N2O/c1-10(13)9-14-7-4-8-15-12-6-3-2-5-11(12)14/h2-3,5-6,10H,4,7-9,13H2,1H3/t10-/m1/s1. The molecule has 0 bridgehead atoms. The predicted octanol–water partition coefficient (Wildman–Crippen LogP) is 1.62. The summed E-state index contributed by atoms with van der Waals surface area (Å²) in [6.07, 6.45) is 1.06. The maximum absolute atomic E-state index is 5.85. The van der Waals surface area contributed by atoms with Crippen LogP contribution in [0.4, 0.5) is 5.69 Å². The van der Waals surface area contributed by atoms with Gasteiger partial charge in [0.25, 0.3) is 0 Å². The highest BCUT2D eigenvalue weighted by Gasteiger charge is 2.16. The summed E-state index contributed by atoms with van der Waals surface area (Å²) in [7, 11) is 0.